The van der Waals surface area contributed by atoms with Crippen molar-refractivity contribution in [1.82, 2.24) is 5.32 Å². The van der Waals surface area contributed by atoms with Crippen LogP contribution in [0.15, 0.2) is 28.7 Å². The zero-order valence-electron chi connectivity index (χ0n) is 8.38. The molecule has 0 amide bonds. The molecule has 0 saturated carbocycles. The van der Waals surface area contributed by atoms with Crippen LogP contribution in [0.1, 0.15) is 5.56 Å². The van der Waals surface area contributed by atoms with Gasteiger partial charge in [-0.1, -0.05) is 28.1 Å². The van der Waals surface area contributed by atoms with Crippen molar-refractivity contribution in [3.05, 3.63) is 34.3 Å². The lowest BCUT2D eigenvalue weighted by molar-refractivity contribution is 0.414. The van der Waals surface area contributed by atoms with Crippen molar-refractivity contribution < 1.29 is 4.74 Å². The van der Waals surface area contributed by atoms with Gasteiger partial charge in [0.15, 0.2) is 0 Å². The molecule has 0 heterocycles. The molecule has 0 radical (unpaired) electrons. The number of nitrogens with one attached hydrogen (secondary N) is 1. The first-order chi connectivity index (χ1) is 6.77. The molecule has 0 atom stereocenters. The Balaban J connectivity index is 2.83. The molecule has 76 valence electrons. The molecule has 0 saturated heterocycles. The lowest BCUT2D eigenvalue weighted by atomic mass is 10.2. The van der Waals surface area contributed by atoms with Gasteiger partial charge in [-0.15, -0.1) is 0 Å². The Morgan fingerprint density at radius 3 is 2.93 bits per heavy atom. The van der Waals surface area contributed by atoms with Crippen molar-refractivity contribution in [2.75, 3.05) is 20.7 Å². The first kappa shape index (κ1) is 11.3. The Morgan fingerprint density at radius 2 is 2.29 bits per heavy atom. The number of rotatable bonds is 4. The van der Waals surface area contributed by atoms with Crippen LogP contribution in [0.5, 0.6) is 5.75 Å². The van der Waals surface area contributed by atoms with Gasteiger partial charge in [0.2, 0.25) is 0 Å². The molecule has 1 N–H and O–H groups in total. The van der Waals surface area contributed by atoms with Crippen LogP contribution < -0.4 is 10.1 Å². The van der Waals surface area contributed by atoms with Crippen molar-refractivity contribution in [3.8, 4) is 5.75 Å². The summed E-state index contributed by atoms with van der Waals surface area (Å²) in [4.78, 5) is 0. The fourth-order valence-corrected chi connectivity index (χ4v) is 1.46. The minimum atomic E-state index is 0.865. The third-order valence-corrected chi connectivity index (χ3v) is 2.54. The summed E-state index contributed by atoms with van der Waals surface area (Å²) in [5, 5.41) is 3.05. The summed E-state index contributed by atoms with van der Waals surface area (Å²) in [6.07, 6.45) is 4.13. The zero-order valence-corrected chi connectivity index (χ0v) is 9.97. The number of ether oxygens (including phenoxy) is 1. The molecule has 0 spiro atoms. The van der Waals surface area contributed by atoms with E-state index < -0.39 is 0 Å². The molecular weight excluding hydrogens is 242 g/mol. The fourth-order valence-electron chi connectivity index (χ4n) is 1.08. The van der Waals surface area contributed by atoms with E-state index in [4.69, 9.17) is 4.74 Å². The highest BCUT2D eigenvalue weighted by Crippen LogP contribution is 2.23. The average Bonchev–Trinajstić information content (AvgIpc) is 2.21. The van der Waals surface area contributed by atoms with E-state index in [9.17, 15) is 0 Å². The van der Waals surface area contributed by atoms with Crippen LogP contribution in [-0.2, 0) is 0 Å². The van der Waals surface area contributed by atoms with Gasteiger partial charge in [-0.25, -0.2) is 0 Å². The highest BCUT2D eigenvalue weighted by atomic mass is 79.9. The number of halogens is 1. The van der Waals surface area contributed by atoms with Gasteiger partial charge in [0.25, 0.3) is 0 Å². The van der Waals surface area contributed by atoms with Gasteiger partial charge in [0.05, 0.1) is 7.11 Å². The average molecular weight is 256 g/mol. The molecule has 0 fully saturated rings. The van der Waals surface area contributed by atoms with E-state index in [1.54, 1.807) is 7.11 Å². The van der Waals surface area contributed by atoms with Crippen LogP contribution in [0.4, 0.5) is 0 Å². The number of hydrogen-bond donors (Lipinski definition) is 1. The predicted octanol–water partition coefficient (Wildman–Crippen LogP) is 2.69. The monoisotopic (exact) mass is 255 g/mol. The molecule has 0 aliphatic rings. The minimum Gasteiger partial charge on any atom is -0.497 e. The van der Waals surface area contributed by atoms with Crippen LogP contribution in [-0.4, -0.2) is 20.7 Å². The maximum atomic E-state index is 5.15. The second-order valence-electron chi connectivity index (χ2n) is 2.85. The third-order valence-electron chi connectivity index (χ3n) is 1.82. The molecule has 0 aliphatic heterocycles. The van der Waals surface area contributed by atoms with Gasteiger partial charge >= 0.3 is 0 Å². The number of likely N-dealkylation sites (N-methyl/N-ethyl adjacent to an activating group) is 1. The summed E-state index contributed by atoms with van der Waals surface area (Å²) < 4.78 is 6.22. The lowest BCUT2D eigenvalue weighted by Gasteiger charge is -2.03. The van der Waals surface area contributed by atoms with Crippen LogP contribution in [0.3, 0.4) is 0 Å². The Labute approximate surface area is 93.1 Å². The molecular formula is C11H14BrNO. The van der Waals surface area contributed by atoms with E-state index in [1.165, 1.54) is 0 Å². The lowest BCUT2D eigenvalue weighted by Crippen LogP contribution is -2.03. The zero-order chi connectivity index (χ0) is 10.4. The number of methoxy groups -OCH3 is 1. The Bertz CT molecular complexity index is 323. The Kier molecular flexibility index (Phi) is 4.70. The van der Waals surface area contributed by atoms with E-state index in [0.29, 0.717) is 0 Å². The van der Waals surface area contributed by atoms with E-state index in [-0.39, 0.29) is 0 Å². The molecule has 1 aromatic rings. The van der Waals surface area contributed by atoms with Crippen molar-refractivity contribution in [2.24, 2.45) is 0 Å². The second-order valence-corrected chi connectivity index (χ2v) is 3.70. The molecule has 0 aliphatic carbocycles. The van der Waals surface area contributed by atoms with Crippen LogP contribution in [0.2, 0.25) is 0 Å². The minimum absolute atomic E-state index is 0.865. The third kappa shape index (κ3) is 3.16. The van der Waals surface area contributed by atoms with Gasteiger partial charge in [-0.2, -0.15) is 0 Å². The molecule has 0 unspecified atom stereocenters. The highest BCUT2D eigenvalue weighted by Gasteiger charge is 1.97. The molecule has 1 rings (SSSR count). The Morgan fingerprint density at radius 1 is 1.50 bits per heavy atom. The van der Waals surface area contributed by atoms with Crippen molar-refractivity contribution in [3.63, 3.8) is 0 Å². The van der Waals surface area contributed by atoms with E-state index in [2.05, 4.69) is 33.4 Å². The molecule has 1 aromatic carbocycles. The second kappa shape index (κ2) is 5.83. The Hall–Kier alpha value is -0.800. The molecule has 0 aromatic heterocycles. The first-order valence-corrected chi connectivity index (χ1v) is 5.22. The number of benzene rings is 1. The smallest absolute Gasteiger partial charge is 0.119 e. The molecule has 2 nitrogen and oxygen atoms in total. The number of hydrogen-bond acceptors (Lipinski definition) is 2. The van der Waals surface area contributed by atoms with Crippen molar-refractivity contribution in [2.45, 2.75) is 0 Å². The highest BCUT2D eigenvalue weighted by molar-refractivity contribution is 9.10. The molecule has 0 bridgehead atoms. The summed E-state index contributed by atoms with van der Waals surface area (Å²) in [6.45, 7) is 0.865. The van der Waals surface area contributed by atoms with Gasteiger partial charge in [-0.3, -0.25) is 0 Å². The fraction of sp³-hybridized carbons (Fsp3) is 0.273. The predicted molar refractivity (Wildman–Crippen MR) is 63.7 cm³/mol. The maximum Gasteiger partial charge on any atom is 0.119 e. The van der Waals surface area contributed by atoms with Crippen LogP contribution in [0.25, 0.3) is 6.08 Å². The summed E-state index contributed by atoms with van der Waals surface area (Å²) in [5.41, 5.74) is 1.12. The first-order valence-electron chi connectivity index (χ1n) is 4.42. The maximum absolute atomic E-state index is 5.15. The van der Waals surface area contributed by atoms with Crippen LogP contribution in [0, 0.1) is 0 Å². The largest absolute Gasteiger partial charge is 0.497 e. The summed E-state index contributed by atoms with van der Waals surface area (Å²) in [6, 6.07) is 5.91. The van der Waals surface area contributed by atoms with Crippen molar-refractivity contribution >= 4 is 22.0 Å². The van der Waals surface area contributed by atoms with E-state index >= 15 is 0 Å². The quantitative estimate of drug-likeness (QED) is 0.894. The van der Waals surface area contributed by atoms with Crippen LogP contribution >= 0.6 is 15.9 Å². The van der Waals surface area contributed by atoms with Gasteiger partial charge in [0, 0.05) is 11.0 Å². The van der Waals surface area contributed by atoms with Gasteiger partial charge in [0.1, 0.15) is 5.75 Å². The molecule has 3 heteroatoms. The van der Waals surface area contributed by atoms with Gasteiger partial charge in [-0.05, 0) is 30.8 Å². The standard InChI is InChI=1S/C11H14BrNO/c1-13-7-3-4-9-8-10(14-2)5-6-11(9)12/h3-6,8,13H,7H2,1-2H3. The summed E-state index contributed by atoms with van der Waals surface area (Å²) in [5.74, 6) is 0.873. The summed E-state index contributed by atoms with van der Waals surface area (Å²) in [7, 11) is 3.59. The summed E-state index contributed by atoms with van der Waals surface area (Å²) >= 11 is 3.48. The topological polar surface area (TPSA) is 21.3 Å². The van der Waals surface area contributed by atoms with Crippen molar-refractivity contribution in [1.29, 1.82) is 0 Å². The van der Waals surface area contributed by atoms with E-state index in [0.717, 1.165) is 22.3 Å². The SMILES string of the molecule is CNCC=Cc1cc(OC)ccc1Br. The normalized spacial score (nSPS) is 10.8. The van der Waals surface area contributed by atoms with Gasteiger partial charge < -0.3 is 10.1 Å². The van der Waals surface area contributed by atoms with E-state index in [1.807, 2.05) is 25.2 Å². The molecule has 14 heavy (non-hydrogen) atoms.